The van der Waals surface area contributed by atoms with Crippen LogP contribution in [-0.4, -0.2) is 68.4 Å². The van der Waals surface area contributed by atoms with Gasteiger partial charge in [-0.15, -0.1) is 0 Å². The molecule has 1 fully saturated rings. The molecule has 1 saturated heterocycles. The number of nitrogens with zero attached hydrogens (tertiary/aromatic N) is 1. The standard InChI is InChI=1S/C17H27NO8/c1-7-25-14(21)10(8-12(19)23-5)13(20)18-11(15(22)24-6)9-26-16(18)17(2,3)4/h10-11,16H,7-9H2,1-6H3/t10?,11-,16+/m0/s1. The lowest BCUT2D eigenvalue weighted by Crippen LogP contribution is -2.54. The summed E-state index contributed by atoms with van der Waals surface area (Å²) in [5, 5.41) is 0. The molecule has 0 aromatic rings. The lowest BCUT2D eigenvalue weighted by molar-refractivity contribution is -0.168. The molecule has 0 N–H and O–H groups in total. The highest BCUT2D eigenvalue weighted by Gasteiger charge is 2.50. The first-order valence-corrected chi connectivity index (χ1v) is 8.33. The van der Waals surface area contributed by atoms with Crippen molar-refractivity contribution in [2.75, 3.05) is 27.4 Å². The molecule has 148 valence electrons. The van der Waals surface area contributed by atoms with Crippen molar-refractivity contribution >= 4 is 23.8 Å². The van der Waals surface area contributed by atoms with Crippen LogP contribution in [0.2, 0.25) is 0 Å². The molecule has 1 aliphatic rings. The number of amides is 1. The lowest BCUT2D eigenvalue weighted by Gasteiger charge is -2.36. The van der Waals surface area contributed by atoms with Crippen LogP contribution >= 0.6 is 0 Å². The Morgan fingerprint density at radius 2 is 1.77 bits per heavy atom. The van der Waals surface area contributed by atoms with E-state index in [0.717, 1.165) is 7.11 Å². The van der Waals surface area contributed by atoms with E-state index in [0.29, 0.717) is 0 Å². The second kappa shape index (κ2) is 8.98. The maximum atomic E-state index is 13.1. The number of ether oxygens (including phenoxy) is 4. The van der Waals surface area contributed by atoms with Crippen LogP contribution in [0, 0.1) is 11.3 Å². The number of hydrogen-bond donors (Lipinski definition) is 0. The van der Waals surface area contributed by atoms with Gasteiger partial charge in [-0.2, -0.15) is 0 Å². The van der Waals surface area contributed by atoms with E-state index in [1.807, 2.05) is 20.8 Å². The number of esters is 3. The molecule has 1 rings (SSSR count). The molecule has 0 aromatic heterocycles. The van der Waals surface area contributed by atoms with Crippen molar-refractivity contribution in [1.29, 1.82) is 0 Å². The first kappa shape index (κ1) is 21.9. The summed E-state index contributed by atoms with van der Waals surface area (Å²) in [6.45, 7) is 7.06. The molecule has 9 heteroatoms. The Morgan fingerprint density at radius 1 is 1.15 bits per heavy atom. The largest absolute Gasteiger partial charge is 0.469 e. The van der Waals surface area contributed by atoms with Gasteiger partial charge in [0.05, 0.1) is 33.9 Å². The van der Waals surface area contributed by atoms with Crippen LogP contribution in [0.3, 0.4) is 0 Å². The zero-order chi connectivity index (χ0) is 20.1. The lowest BCUT2D eigenvalue weighted by atomic mass is 9.91. The molecular formula is C17H27NO8. The summed E-state index contributed by atoms with van der Waals surface area (Å²) in [7, 11) is 2.36. The minimum atomic E-state index is -1.43. The summed E-state index contributed by atoms with van der Waals surface area (Å²) in [5.41, 5.74) is -0.539. The van der Waals surface area contributed by atoms with Crippen LogP contribution < -0.4 is 0 Å². The maximum absolute atomic E-state index is 13.1. The molecule has 0 bridgehead atoms. The summed E-state index contributed by atoms with van der Waals surface area (Å²) in [6.07, 6.45) is -1.26. The van der Waals surface area contributed by atoms with E-state index in [-0.39, 0.29) is 13.2 Å². The molecule has 0 radical (unpaired) electrons. The Balaban J connectivity index is 3.25. The molecule has 1 amide bonds. The van der Waals surface area contributed by atoms with Crippen LogP contribution in [0.4, 0.5) is 0 Å². The molecule has 1 aliphatic heterocycles. The van der Waals surface area contributed by atoms with Crippen molar-refractivity contribution < 1.29 is 38.1 Å². The number of carbonyl (C=O) groups excluding carboxylic acids is 4. The molecule has 0 spiro atoms. The highest BCUT2D eigenvalue weighted by molar-refractivity contribution is 6.02. The van der Waals surface area contributed by atoms with Gasteiger partial charge < -0.3 is 18.9 Å². The normalized spacial score (nSPS) is 21.1. The van der Waals surface area contributed by atoms with E-state index < -0.39 is 53.8 Å². The second-order valence-corrected chi connectivity index (χ2v) is 6.92. The van der Waals surface area contributed by atoms with Crippen molar-refractivity contribution in [1.82, 2.24) is 4.90 Å². The van der Waals surface area contributed by atoms with Crippen LogP contribution in [0.1, 0.15) is 34.1 Å². The van der Waals surface area contributed by atoms with Gasteiger partial charge in [0.2, 0.25) is 5.91 Å². The summed E-state index contributed by atoms with van der Waals surface area (Å²) in [6, 6.07) is -1.01. The molecule has 0 aromatic carbocycles. The minimum Gasteiger partial charge on any atom is -0.469 e. The van der Waals surface area contributed by atoms with Crippen LogP contribution in [0.25, 0.3) is 0 Å². The van der Waals surface area contributed by atoms with Crippen LogP contribution in [0.15, 0.2) is 0 Å². The third kappa shape index (κ3) is 4.94. The van der Waals surface area contributed by atoms with Gasteiger partial charge in [-0.1, -0.05) is 20.8 Å². The summed E-state index contributed by atoms with van der Waals surface area (Å²) < 4.78 is 19.9. The van der Waals surface area contributed by atoms with Gasteiger partial charge >= 0.3 is 17.9 Å². The second-order valence-electron chi connectivity index (χ2n) is 6.92. The fraction of sp³-hybridized carbons (Fsp3) is 0.765. The molecule has 1 heterocycles. The Bertz CT molecular complexity index is 553. The molecular weight excluding hydrogens is 346 g/mol. The summed E-state index contributed by atoms with van der Waals surface area (Å²) in [4.78, 5) is 50.3. The number of rotatable bonds is 6. The number of methoxy groups -OCH3 is 2. The molecule has 0 saturated carbocycles. The number of carbonyl (C=O) groups is 4. The van der Waals surface area contributed by atoms with E-state index in [1.54, 1.807) is 6.92 Å². The maximum Gasteiger partial charge on any atom is 0.331 e. The fourth-order valence-electron chi connectivity index (χ4n) is 2.70. The van der Waals surface area contributed by atoms with Gasteiger partial charge in [-0.05, 0) is 6.92 Å². The van der Waals surface area contributed by atoms with E-state index in [4.69, 9.17) is 14.2 Å². The van der Waals surface area contributed by atoms with Gasteiger partial charge in [-0.3, -0.25) is 19.3 Å². The van der Waals surface area contributed by atoms with Gasteiger partial charge in [0.25, 0.3) is 0 Å². The topological polar surface area (TPSA) is 108 Å². The quantitative estimate of drug-likeness (QED) is 0.376. The summed E-state index contributed by atoms with van der Waals surface area (Å²) in [5.74, 6) is -4.42. The van der Waals surface area contributed by atoms with E-state index in [2.05, 4.69) is 4.74 Å². The first-order chi connectivity index (χ1) is 12.1. The average molecular weight is 373 g/mol. The molecule has 1 unspecified atom stereocenters. The van der Waals surface area contributed by atoms with Crippen molar-refractivity contribution in [3.63, 3.8) is 0 Å². The SMILES string of the molecule is CCOC(=O)C(CC(=O)OC)C(=O)N1[C@H](C(=O)OC)CO[C@@H]1C(C)(C)C. The smallest absolute Gasteiger partial charge is 0.331 e. The minimum absolute atomic E-state index is 0.0451. The first-order valence-electron chi connectivity index (χ1n) is 8.33. The van der Waals surface area contributed by atoms with Crippen LogP contribution in [-0.2, 0) is 38.1 Å². The Morgan fingerprint density at radius 3 is 2.23 bits per heavy atom. The highest BCUT2D eigenvalue weighted by Crippen LogP contribution is 2.34. The monoisotopic (exact) mass is 373 g/mol. The zero-order valence-corrected chi connectivity index (χ0v) is 16.1. The van der Waals surface area contributed by atoms with Gasteiger partial charge in [-0.25, -0.2) is 4.79 Å². The zero-order valence-electron chi connectivity index (χ0n) is 16.1. The van der Waals surface area contributed by atoms with E-state index >= 15 is 0 Å². The van der Waals surface area contributed by atoms with Gasteiger partial charge in [0, 0.05) is 5.41 Å². The Kier molecular flexibility index (Phi) is 7.55. The van der Waals surface area contributed by atoms with Crippen molar-refractivity contribution in [3.05, 3.63) is 0 Å². The number of hydrogen-bond acceptors (Lipinski definition) is 8. The molecule has 0 aliphatic carbocycles. The van der Waals surface area contributed by atoms with Crippen molar-refractivity contribution in [2.24, 2.45) is 11.3 Å². The molecule has 9 nitrogen and oxygen atoms in total. The predicted molar refractivity (Wildman–Crippen MR) is 88.6 cm³/mol. The summed E-state index contributed by atoms with van der Waals surface area (Å²) >= 11 is 0. The van der Waals surface area contributed by atoms with Crippen molar-refractivity contribution in [3.8, 4) is 0 Å². The Labute approximate surface area is 152 Å². The predicted octanol–water partition coefficient (Wildman–Crippen LogP) is 0.501. The third-order valence-electron chi connectivity index (χ3n) is 3.94. The van der Waals surface area contributed by atoms with E-state index in [1.165, 1.54) is 12.0 Å². The Hall–Kier alpha value is -2.16. The highest BCUT2D eigenvalue weighted by atomic mass is 16.6. The van der Waals surface area contributed by atoms with Crippen molar-refractivity contribution in [2.45, 2.75) is 46.4 Å². The van der Waals surface area contributed by atoms with Gasteiger partial charge in [0.15, 0.2) is 6.04 Å². The third-order valence-corrected chi connectivity index (χ3v) is 3.94. The molecule has 26 heavy (non-hydrogen) atoms. The van der Waals surface area contributed by atoms with Gasteiger partial charge in [0.1, 0.15) is 12.1 Å². The van der Waals surface area contributed by atoms with Crippen LogP contribution in [0.5, 0.6) is 0 Å². The fourth-order valence-corrected chi connectivity index (χ4v) is 2.70. The molecule has 3 atom stereocenters. The average Bonchev–Trinajstić information content (AvgIpc) is 3.03. The van der Waals surface area contributed by atoms with E-state index in [9.17, 15) is 19.2 Å².